The second kappa shape index (κ2) is 6.36. The van der Waals surface area contributed by atoms with E-state index >= 15 is 0 Å². The highest BCUT2D eigenvalue weighted by molar-refractivity contribution is 5.76. The summed E-state index contributed by atoms with van der Waals surface area (Å²) < 4.78 is 0. The average molecular weight is 240 g/mol. The lowest BCUT2D eigenvalue weighted by Crippen LogP contribution is -2.34. The zero-order valence-electron chi connectivity index (χ0n) is 10.5. The van der Waals surface area contributed by atoms with Gasteiger partial charge in [-0.2, -0.15) is 0 Å². The summed E-state index contributed by atoms with van der Waals surface area (Å²) >= 11 is 0. The summed E-state index contributed by atoms with van der Waals surface area (Å²) in [5, 5.41) is 15.8. The van der Waals surface area contributed by atoms with E-state index in [4.69, 9.17) is 0 Å². The molecule has 2 rings (SSSR count). The van der Waals surface area contributed by atoms with Crippen LogP contribution in [0.2, 0.25) is 0 Å². The predicted molar refractivity (Wildman–Crippen MR) is 66.6 cm³/mol. The quantitative estimate of drug-likeness (QED) is 0.643. The van der Waals surface area contributed by atoms with E-state index in [0.717, 1.165) is 38.8 Å². The fourth-order valence-corrected chi connectivity index (χ4v) is 2.47. The molecule has 2 atom stereocenters. The number of carbonyl (C=O) groups is 1. The highest BCUT2D eigenvalue weighted by atomic mass is 16.3. The minimum absolute atomic E-state index is 0.137. The first-order valence-electron chi connectivity index (χ1n) is 6.92. The van der Waals surface area contributed by atoms with Crippen LogP contribution in [0, 0.1) is 5.92 Å². The molecule has 2 unspecified atom stereocenters. The first-order chi connectivity index (χ1) is 8.24. The monoisotopic (exact) mass is 240 g/mol. The van der Waals surface area contributed by atoms with Gasteiger partial charge in [-0.3, -0.25) is 4.79 Å². The van der Waals surface area contributed by atoms with Crippen molar-refractivity contribution in [2.45, 2.75) is 57.1 Å². The van der Waals surface area contributed by atoms with Crippen molar-refractivity contribution in [3.05, 3.63) is 0 Å². The fourth-order valence-electron chi connectivity index (χ4n) is 2.47. The molecule has 0 saturated heterocycles. The van der Waals surface area contributed by atoms with E-state index < -0.39 is 0 Å². The molecule has 2 aliphatic rings. The van der Waals surface area contributed by atoms with Crippen LogP contribution in [0.3, 0.4) is 0 Å². The number of amides is 1. The first kappa shape index (κ1) is 12.8. The van der Waals surface area contributed by atoms with Crippen LogP contribution in [-0.2, 0) is 4.79 Å². The Bertz CT molecular complexity index is 254. The van der Waals surface area contributed by atoms with E-state index in [2.05, 4.69) is 10.6 Å². The van der Waals surface area contributed by atoms with E-state index in [1.54, 1.807) is 0 Å². The Morgan fingerprint density at radius 3 is 2.76 bits per heavy atom. The summed E-state index contributed by atoms with van der Waals surface area (Å²) in [6.45, 7) is 1.53. The van der Waals surface area contributed by atoms with Crippen molar-refractivity contribution < 1.29 is 9.90 Å². The van der Waals surface area contributed by atoms with Crippen LogP contribution < -0.4 is 10.6 Å². The smallest absolute Gasteiger partial charge is 0.221 e. The highest BCUT2D eigenvalue weighted by Gasteiger charge is 2.21. The molecule has 4 heteroatoms. The van der Waals surface area contributed by atoms with Crippen LogP contribution in [0.4, 0.5) is 0 Å². The van der Waals surface area contributed by atoms with Crippen LogP contribution in [-0.4, -0.2) is 36.2 Å². The van der Waals surface area contributed by atoms with Crippen molar-refractivity contribution in [1.29, 1.82) is 0 Å². The van der Waals surface area contributed by atoms with Gasteiger partial charge in [0.15, 0.2) is 0 Å². The van der Waals surface area contributed by atoms with Gasteiger partial charge in [-0.05, 0) is 38.0 Å². The van der Waals surface area contributed by atoms with Gasteiger partial charge in [0.1, 0.15) is 0 Å². The van der Waals surface area contributed by atoms with Crippen LogP contribution >= 0.6 is 0 Å². The molecule has 0 radical (unpaired) electrons. The third kappa shape index (κ3) is 5.04. The van der Waals surface area contributed by atoms with Crippen molar-refractivity contribution in [2.75, 3.05) is 13.1 Å². The van der Waals surface area contributed by atoms with E-state index in [0.29, 0.717) is 18.4 Å². The molecule has 1 amide bonds. The van der Waals surface area contributed by atoms with Gasteiger partial charge < -0.3 is 15.7 Å². The number of hydrogen-bond donors (Lipinski definition) is 3. The zero-order chi connectivity index (χ0) is 12.1. The van der Waals surface area contributed by atoms with Gasteiger partial charge >= 0.3 is 0 Å². The summed E-state index contributed by atoms with van der Waals surface area (Å²) in [5.41, 5.74) is 0. The molecular formula is C13H24N2O2. The Kier molecular flexibility index (Phi) is 4.80. The van der Waals surface area contributed by atoms with Crippen molar-refractivity contribution in [1.82, 2.24) is 10.6 Å². The second-order valence-electron chi connectivity index (χ2n) is 5.47. The lowest BCUT2D eigenvalue weighted by Gasteiger charge is -2.25. The maximum absolute atomic E-state index is 11.6. The topological polar surface area (TPSA) is 61.4 Å². The first-order valence-corrected chi connectivity index (χ1v) is 6.92. The predicted octanol–water partition coefficient (Wildman–Crippen LogP) is 0.796. The van der Waals surface area contributed by atoms with Gasteiger partial charge in [-0.15, -0.1) is 0 Å². The SMILES string of the molecule is O=C(CCNC1CC1)NCC1CCCC(O)C1. The number of aliphatic hydroxyl groups is 1. The molecule has 0 aromatic carbocycles. The lowest BCUT2D eigenvalue weighted by molar-refractivity contribution is -0.121. The van der Waals surface area contributed by atoms with Gasteiger partial charge in [0.05, 0.1) is 6.10 Å². The summed E-state index contributed by atoms with van der Waals surface area (Å²) in [7, 11) is 0. The summed E-state index contributed by atoms with van der Waals surface area (Å²) in [5.74, 6) is 0.609. The molecule has 0 aliphatic heterocycles. The molecule has 2 fully saturated rings. The molecule has 4 nitrogen and oxygen atoms in total. The minimum atomic E-state index is -0.151. The van der Waals surface area contributed by atoms with Gasteiger partial charge in [0.2, 0.25) is 5.91 Å². The molecule has 2 saturated carbocycles. The molecule has 0 heterocycles. The number of rotatable bonds is 6. The molecule has 98 valence electrons. The van der Waals surface area contributed by atoms with Crippen LogP contribution in [0.1, 0.15) is 44.9 Å². The van der Waals surface area contributed by atoms with Crippen LogP contribution in [0.15, 0.2) is 0 Å². The number of carbonyl (C=O) groups excluding carboxylic acids is 1. The Hall–Kier alpha value is -0.610. The van der Waals surface area contributed by atoms with Crippen LogP contribution in [0.25, 0.3) is 0 Å². The number of nitrogens with one attached hydrogen (secondary N) is 2. The molecule has 0 aromatic rings. The normalized spacial score (nSPS) is 29.0. The third-order valence-corrected chi connectivity index (χ3v) is 3.71. The molecule has 2 aliphatic carbocycles. The van der Waals surface area contributed by atoms with Crippen LogP contribution in [0.5, 0.6) is 0 Å². The Labute approximate surface area is 103 Å². The van der Waals surface area contributed by atoms with Crippen molar-refractivity contribution in [3.8, 4) is 0 Å². The Morgan fingerprint density at radius 1 is 1.24 bits per heavy atom. The summed E-state index contributed by atoms with van der Waals surface area (Å²) in [6.07, 6.45) is 6.95. The van der Waals surface area contributed by atoms with Gasteiger partial charge in [-0.25, -0.2) is 0 Å². The summed E-state index contributed by atoms with van der Waals surface area (Å²) in [6, 6.07) is 0.677. The minimum Gasteiger partial charge on any atom is -0.393 e. The summed E-state index contributed by atoms with van der Waals surface area (Å²) in [4.78, 5) is 11.6. The second-order valence-corrected chi connectivity index (χ2v) is 5.47. The van der Waals surface area contributed by atoms with E-state index in [1.807, 2.05) is 0 Å². The Balaban J connectivity index is 1.52. The standard InChI is InChI=1S/C13H24N2O2/c16-12-3-1-2-10(8-12)9-15-13(17)6-7-14-11-4-5-11/h10-12,14,16H,1-9H2,(H,15,17). The fraction of sp³-hybridized carbons (Fsp3) is 0.923. The zero-order valence-corrected chi connectivity index (χ0v) is 10.5. The van der Waals surface area contributed by atoms with Crippen molar-refractivity contribution in [2.24, 2.45) is 5.92 Å². The van der Waals surface area contributed by atoms with Gasteiger partial charge in [-0.1, -0.05) is 6.42 Å². The maximum Gasteiger partial charge on any atom is 0.221 e. The molecule has 0 spiro atoms. The van der Waals surface area contributed by atoms with E-state index in [1.165, 1.54) is 12.8 Å². The van der Waals surface area contributed by atoms with Gasteiger partial charge in [0, 0.05) is 25.6 Å². The van der Waals surface area contributed by atoms with Crippen molar-refractivity contribution >= 4 is 5.91 Å². The highest BCUT2D eigenvalue weighted by Crippen LogP contribution is 2.23. The molecular weight excluding hydrogens is 216 g/mol. The number of aliphatic hydroxyl groups excluding tert-OH is 1. The molecule has 0 aromatic heterocycles. The van der Waals surface area contributed by atoms with Crippen molar-refractivity contribution in [3.63, 3.8) is 0 Å². The van der Waals surface area contributed by atoms with Gasteiger partial charge in [0.25, 0.3) is 0 Å². The molecule has 0 bridgehead atoms. The van der Waals surface area contributed by atoms with E-state index in [9.17, 15) is 9.90 Å². The Morgan fingerprint density at radius 2 is 2.06 bits per heavy atom. The largest absolute Gasteiger partial charge is 0.393 e. The lowest BCUT2D eigenvalue weighted by atomic mass is 9.87. The average Bonchev–Trinajstić information content (AvgIpc) is 3.11. The number of hydrogen-bond acceptors (Lipinski definition) is 3. The molecule has 3 N–H and O–H groups in total. The third-order valence-electron chi connectivity index (χ3n) is 3.71. The van der Waals surface area contributed by atoms with E-state index in [-0.39, 0.29) is 12.0 Å². The maximum atomic E-state index is 11.6. The molecule has 17 heavy (non-hydrogen) atoms.